The van der Waals surface area contributed by atoms with Gasteiger partial charge in [-0.2, -0.15) is 0 Å². The molecule has 0 radical (unpaired) electrons. The molecule has 3 N–H and O–H groups in total. The largest absolute Gasteiger partial charge is 0.352 e. The lowest BCUT2D eigenvalue weighted by Crippen LogP contribution is -2.30. The van der Waals surface area contributed by atoms with Gasteiger partial charge in [-0.1, -0.05) is 0 Å². The van der Waals surface area contributed by atoms with Crippen LogP contribution < -0.4 is 21.1 Å². The van der Waals surface area contributed by atoms with Crippen LogP contribution in [0.2, 0.25) is 0 Å². The van der Waals surface area contributed by atoms with E-state index < -0.39 is 38.9 Å². The minimum absolute atomic E-state index is 0.0372. The first-order chi connectivity index (χ1) is 17.0. The molecule has 3 aromatic rings. The van der Waals surface area contributed by atoms with E-state index in [1.165, 1.54) is 51.6 Å². The van der Waals surface area contributed by atoms with Gasteiger partial charge in [0, 0.05) is 27.1 Å². The molecule has 3 rings (SSSR count). The number of nitrogens with one attached hydrogen (secondary N) is 3. The molecule has 36 heavy (non-hydrogen) atoms. The van der Waals surface area contributed by atoms with Gasteiger partial charge in [0.25, 0.3) is 11.5 Å². The lowest BCUT2D eigenvalue weighted by molar-refractivity contribution is 0.0537. The highest BCUT2D eigenvalue weighted by Gasteiger charge is 2.21. The van der Waals surface area contributed by atoms with Gasteiger partial charge in [0.1, 0.15) is 5.82 Å². The molecule has 0 aliphatic heterocycles. The number of hydrogen-bond donors (Lipinski definition) is 3. The summed E-state index contributed by atoms with van der Waals surface area (Å²) in [5.74, 6) is -3.10. The van der Waals surface area contributed by atoms with Gasteiger partial charge in [0.15, 0.2) is 11.6 Å². The van der Waals surface area contributed by atoms with Crippen molar-refractivity contribution >= 4 is 55.7 Å². The van der Waals surface area contributed by atoms with E-state index in [1.54, 1.807) is 6.07 Å². The summed E-state index contributed by atoms with van der Waals surface area (Å²) in [7, 11) is -2.57. The van der Waals surface area contributed by atoms with Gasteiger partial charge in [-0.3, -0.25) is 19.1 Å². The zero-order valence-corrected chi connectivity index (χ0v) is 22.3. The molecule has 0 aliphatic rings. The van der Waals surface area contributed by atoms with Gasteiger partial charge >= 0.3 is 0 Å². The maximum Gasteiger partial charge on any atom is 0.278 e. The molecule has 2 aromatic heterocycles. The third kappa shape index (κ3) is 6.17. The summed E-state index contributed by atoms with van der Waals surface area (Å²) in [5, 5.41) is 2.79. The lowest BCUT2D eigenvalue weighted by Gasteiger charge is -2.18. The second-order valence-electron chi connectivity index (χ2n) is 7.50. The van der Waals surface area contributed by atoms with Crippen LogP contribution in [0.4, 0.5) is 26.0 Å². The molecule has 10 nitrogen and oxygen atoms in total. The number of sulfonamides is 1. The van der Waals surface area contributed by atoms with Crippen LogP contribution in [0.1, 0.15) is 28.4 Å². The van der Waals surface area contributed by atoms with Crippen LogP contribution in [0.15, 0.2) is 41.5 Å². The highest BCUT2D eigenvalue weighted by Crippen LogP contribution is 2.27. The number of amides is 1. The van der Waals surface area contributed by atoms with Crippen LogP contribution in [0, 0.1) is 22.1 Å². The van der Waals surface area contributed by atoms with Crippen molar-refractivity contribution in [2.75, 3.05) is 22.9 Å². The highest BCUT2D eigenvalue weighted by molar-refractivity contribution is 14.1. The number of anilines is 3. The zero-order valence-electron chi connectivity index (χ0n) is 19.4. The number of hydrogen-bond acceptors (Lipinski definition) is 7. The highest BCUT2D eigenvalue weighted by atomic mass is 127. The molecule has 0 saturated carbocycles. The minimum Gasteiger partial charge on any atom is -0.352 e. The second kappa shape index (κ2) is 11.3. The first kappa shape index (κ1) is 27.5. The summed E-state index contributed by atoms with van der Waals surface area (Å²) in [5.41, 5.74) is 1.56. The third-order valence-electron chi connectivity index (χ3n) is 5.08. The monoisotopic (exact) mass is 633 g/mol. The van der Waals surface area contributed by atoms with E-state index in [4.69, 9.17) is 4.84 Å². The van der Waals surface area contributed by atoms with Crippen molar-refractivity contribution in [1.29, 1.82) is 0 Å². The molecule has 14 heteroatoms. The molecule has 0 bridgehead atoms. The van der Waals surface area contributed by atoms with Gasteiger partial charge in [0.05, 0.1) is 36.3 Å². The quantitative estimate of drug-likeness (QED) is 0.244. The van der Waals surface area contributed by atoms with Crippen molar-refractivity contribution in [3.63, 3.8) is 0 Å². The fourth-order valence-electron chi connectivity index (χ4n) is 3.21. The molecule has 1 amide bonds. The number of rotatable bonds is 9. The molecule has 192 valence electrons. The Balaban J connectivity index is 2.09. The minimum atomic E-state index is -3.79. The normalized spacial score (nSPS) is 11.3. The molecule has 1 aromatic carbocycles. The van der Waals surface area contributed by atoms with Crippen LogP contribution in [-0.2, 0) is 21.4 Å². The predicted octanol–water partition coefficient (Wildman–Crippen LogP) is 3.28. The molecular formula is C22H22F2IN5O5S. The van der Waals surface area contributed by atoms with Gasteiger partial charge in [0.2, 0.25) is 10.0 Å². The Morgan fingerprint density at radius 3 is 2.61 bits per heavy atom. The van der Waals surface area contributed by atoms with Crippen LogP contribution in [0.3, 0.4) is 0 Å². The third-order valence-corrected chi connectivity index (χ3v) is 7.02. The number of carbonyl (C=O) groups excluding carboxylic acids is 1. The number of hydroxylamine groups is 1. The molecule has 0 unspecified atom stereocenters. The number of pyridine rings is 2. The Morgan fingerprint density at radius 2 is 1.97 bits per heavy atom. The fourth-order valence-corrected chi connectivity index (χ4v) is 4.24. The molecule has 2 heterocycles. The van der Waals surface area contributed by atoms with Crippen molar-refractivity contribution < 1.29 is 26.8 Å². The average molecular weight is 633 g/mol. The number of halogens is 3. The molecule has 0 saturated heterocycles. The van der Waals surface area contributed by atoms with E-state index in [0.717, 1.165) is 4.57 Å². The number of nitrogens with zero attached hydrogens (tertiary/aromatic N) is 2. The smallest absolute Gasteiger partial charge is 0.278 e. The lowest BCUT2D eigenvalue weighted by atomic mass is 10.1. The number of carbonyl (C=O) groups is 1. The fraction of sp³-hybridized carbons (Fsp3) is 0.227. The Kier molecular flexibility index (Phi) is 8.63. The molecule has 0 fully saturated rings. The van der Waals surface area contributed by atoms with E-state index >= 15 is 4.39 Å². The van der Waals surface area contributed by atoms with E-state index in [0.29, 0.717) is 3.57 Å². The van der Waals surface area contributed by atoms with Crippen molar-refractivity contribution in [3.05, 3.63) is 78.9 Å². The summed E-state index contributed by atoms with van der Waals surface area (Å²) in [6.07, 6.45) is 2.37. The predicted molar refractivity (Wildman–Crippen MR) is 139 cm³/mol. The van der Waals surface area contributed by atoms with Crippen LogP contribution in [0.5, 0.6) is 0 Å². The Labute approximate surface area is 219 Å². The van der Waals surface area contributed by atoms with Gasteiger partial charge in [-0.15, -0.1) is 0 Å². The standard InChI is InChI=1S/C22H22F2IN5O5S/c1-4-36(33,34)29-20-18(24)13(7-8-26-20)10-30-11-15(21(31)28-35-3)19(12(2)22(30)32)27-17-6-5-14(25)9-16(17)23/h5-9,11,27H,4,10H2,1-3H3,(H,26,29)(H,28,31). The van der Waals surface area contributed by atoms with Crippen LogP contribution in [0.25, 0.3) is 0 Å². The summed E-state index contributed by atoms with van der Waals surface area (Å²) in [6.45, 7) is 2.47. The molecule has 0 atom stereocenters. The molecular weight excluding hydrogens is 611 g/mol. The molecule has 0 spiro atoms. The maximum absolute atomic E-state index is 15.0. The van der Waals surface area contributed by atoms with Gasteiger partial charge in [-0.05, 0) is 60.7 Å². The second-order valence-corrected chi connectivity index (χ2v) is 10.8. The van der Waals surface area contributed by atoms with Gasteiger partial charge in [-0.25, -0.2) is 27.7 Å². The van der Waals surface area contributed by atoms with Crippen molar-refractivity contribution in [2.45, 2.75) is 20.4 Å². The number of aromatic nitrogens is 2. The van der Waals surface area contributed by atoms with Crippen molar-refractivity contribution in [3.8, 4) is 0 Å². The maximum atomic E-state index is 15.0. The summed E-state index contributed by atoms with van der Waals surface area (Å²) < 4.78 is 56.9. The van der Waals surface area contributed by atoms with Crippen LogP contribution >= 0.6 is 22.6 Å². The Hall–Kier alpha value is -3.11. The van der Waals surface area contributed by atoms with Crippen molar-refractivity contribution in [1.82, 2.24) is 15.0 Å². The topological polar surface area (TPSA) is 131 Å². The SMILES string of the molecule is CCS(=O)(=O)Nc1nccc(Cn2cc(C(=O)NOC)c(Nc3ccc(I)cc3F)c(C)c2=O)c1F. The molecule has 0 aliphatic carbocycles. The van der Waals surface area contributed by atoms with E-state index in [-0.39, 0.29) is 40.4 Å². The summed E-state index contributed by atoms with van der Waals surface area (Å²) in [4.78, 5) is 34.3. The first-order valence-corrected chi connectivity index (χ1v) is 13.1. The van der Waals surface area contributed by atoms with E-state index in [2.05, 4.69) is 20.5 Å². The van der Waals surface area contributed by atoms with E-state index in [9.17, 15) is 22.4 Å². The van der Waals surface area contributed by atoms with Crippen molar-refractivity contribution in [2.24, 2.45) is 0 Å². The zero-order chi connectivity index (χ0) is 26.6. The van der Waals surface area contributed by atoms with Crippen LogP contribution in [-0.4, -0.2) is 36.7 Å². The summed E-state index contributed by atoms with van der Waals surface area (Å²) in [6, 6.07) is 5.67. The Bertz CT molecular complexity index is 1480. The number of benzene rings is 1. The first-order valence-electron chi connectivity index (χ1n) is 10.4. The average Bonchev–Trinajstić information content (AvgIpc) is 2.82. The summed E-state index contributed by atoms with van der Waals surface area (Å²) >= 11 is 1.95. The van der Waals surface area contributed by atoms with Gasteiger partial charge < -0.3 is 9.88 Å². The van der Waals surface area contributed by atoms with E-state index in [1.807, 2.05) is 22.6 Å². The Morgan fingerprint density at radius 1 is 1.25 bits per heavy atom.